The third kappa shape index (κ3) is 4.44. The van der Waals surface area contributed by atoms with E-state index in [1.807, 2.05) is 26.8 Å². The van der Waals surface area contributed by atoms with E-state index in [9.17, 15) is 4.39 Å². The van der Waals surface area contributed by atoms with Gasteiger partial charge in [0.15, 0.2) is 0 Å². The van der Waals surface area contributed by atoms with Gasteiger partial charge in [-0.1, -0.05) is 0 Å². The van der Waals surface area contributed by atoms with Crippen LogP contribution < -0.4 is 4.40 Å². The maximum absolute atomic E-state index is 14.6. The summed E-state index contributed by atoms with van der Waals surface area (Å²) < 4.78 is 33.1. The topological polar surface area (TPSA) is 12.9 Å². The monoisotopic (exact) mass is 377 g/mol. The fourth-order valence-corrected chi connectivity index (χ4v) is 5.48. The number of rotatable bonds is 3. The fraction of sp³-hybridized carbons (Fsp3) is 0.450. The minimum atomic E-state index is -2.35. The van der Waals surface area contributed by atoms with Gasteiger partial charge in [0.2, 0.25) is 0 Å². The zero-order valence-corrected chi connectivity index (χ0v) is 17.3. The molecule has 1 aromatic carbocycles. The van der Waals surface area contributed by atoms with E-state index in [1.165, 1.54) is 0 Å². The van der Waals surface area contributed by atoms with Crippen molar-refractivity contribution in [2.24, 2.45) is 5.41 Å². The van der Waals surface area contributed by atoms with E-state index in [-0.39, 0.29) is 5.82 Å². The van der Waals surface area contributed by atoms with Crippen LogP contribution in [-0.2, 0) is 6.37 Å². The molecule has 2 aromatic rings. The third-order valence-corrected chi connectivity index (χ3v) is 7.92. The molecule has 1 nitrogen and oxygen atoms in total. The van der Waals surface area contributed by atoms with Crippen LogP contribution in [0.4, 0.5) is 4.39 Å². The van der Waals surface area contributed by atoms with Crippen LogP contribution >= 0.6 is 0 Å². The molecule has 124 valence electrons. The number of benzene rings is 1. The second-order valence-corrected chi connectivity index (χ2v) is 18.7. The molecule has 0 amide bonds. The Morgan fingerprint density at radius 1 is 1.22 bits per heavy atom. The van der Waals surface area contributed by atoms with E-state index >= 15 is 0 Å². The minimum absolute atomic E-state index is 0.290. The summed E-state index contributed by atoms with van der Waals surface area (Å²) in [5.41, 5.74) is 1.59. The summed E-state index contributed by atoms with van der Waals surface area (Å²) in [5, 5.41) is 0. The first kappa shape index (κ1) is 15.4. The number of aryl methyl sites for hydroxylation is 1. The predicted octanol–water partition coefficient (Wildman–Crippen LogP) is 5.33. The molecule has 0 aliphatic heterocycles. The van der Waals surface area contributed by atoms with Crippen LogP contribution in [-0.4, -0.2) is 18.3 Å². The second kappa shape index (κ2) is 6.39. The Labute approximate surface area is 145 Å². The van der Waals surface area contributed by atoms with E-state index in [1.54, 1.807) is 31.3 Å². The molecule has 0 spiro atoms. The molecular formula is C20H28FGeN. The van der Waals surface area contributed by atoms with E-state index in [0.29, 0.717) is 22.4 Å². The van der Waals surface area contributed by atoms with Gasteiger partial charge in [0.1, 0.15) is 0 Å². The summed E-state index contributed by atoms with van der Waals surface area (Å²) in [6.07, 6.45) is 0.259. The van der Waals surface area contributed by atoms with Gasteiger partial charge in [-0.05, 0) is 0 Å². The van der Waals surface area contributed by atoms with Crippen LogP contribution in [0.25, 0.3) is 11.3 Å². The molecule has 23 heavy (non-hydrogen) atoms. The van der Waals surface area contributed by atoms with Crippen molar-refractivity contribution in [1.29, 1.82) is 0 Å². The molecule has 0 saturated heterocycles. The Morgan fingerprint density at radius 3 is 2.43 bits per heavy atom. The van der Waals surface area contributed by atoms with Gasteiger partial charge in [-0.25, -0.2) is 0 Å². The van der Waals surface area contributed by atoms with Gasteiger partial charge in [-0.2, -0.15) is 0 Å². The predicted molar refractivity (Wildman–Crippen MR) is 101 cm³/mol. The number of pyridine rings is 1. The summed E-state index contributed by atoms with van der Waals surface area (Å²) in [5.74, 6) is 6.40. The van der Waals surface area contributed by atoms with Crippen molar-refractivity contribution in [1.82, 2.24) is 4.98 Å². The van der Waals surface area contributed by atoms with Crippen molar-refractivity contribution in [2.45, 2.75) is 51.3 Å². The van der Waals surface area contributed by atoms with Gasteiger partial charge in [0.05, 0.1) is 0 Å². The summed E-state index contributed by atoms with van der Waals surface area (Å²) in [6.45, 7) is 7.44. The Bertz CT molecular complexity index is 789. The SMILES string of the molecule is [2H]C([2H])(c1cc(-c2cccc(C)c2F)nc[c]1[Ge]([CH3])([CH3])[CH3])C(C)(C)C. The zero-order valence-electron chi connectivity index (χ0n) is 17.2. The van der Waals surface area contributed by atoms with Crippen molar-refractivity contribution in [3.63, 3.8) is 0 Å². The molecule has 0 bridgehead atoms. The van der Waals surface area contributed by atoms with Crippen LogP contribution in [0.1, 0.15) is 34.6 Å². The molecule has 0 N–H and O–H groups in total. The van der Waals surface area contributed by atoms with Gasteiger partial charge in [-0.3, -0.25) is 0 Å². The maximum atomic E-state index is 14.6. The van der Waals surface area contributed by atoms with Gasteiger partial charge < -0.3 is 0 Å². The first-order valence-corrected chi connectivity index (χ1v) is 15.4. The van der Waals surface area contributed by atoms with Crippen LogP contribution in [0, 0.1) is 18.2 Å². The Balaban J connectivity index is 2.78. The number of hydrogen-bond donors (Lipinski definition) is 0. The first-order valence-electron chi connectivity index (χ1n) is 9.03. The Hall–Kier alpha value is -1.16. The van der Waals surface area contributed by atoms with Gasteiger partial charge in [0, 0.05) is 0 Å². The number of nitrogens with zero attached hydrogens (tertiary/aromatic N) is 1. The second-order valence-electron chi connectivity index (χ2n) is 8.18. The fourth-order valence-electron chi connectivity index (χ4n) is 2.55. The van der Waals surface area contributed by atoms with Crippen LogP contribution in [0.3, 0.4) is 0 Å². The van der Waals surface area contributed by atoms with E-state index in [0.717, 1.165) is 4.40 Å². The van der Waals surface area contributed by atoms with Crippen molar-refractivity contribution < 1.29 is 7.13 Å². The van der Waals surface area contributed by atoms with Crippen molar-refractivity contribution in [3.05, 3.63) is 47.4 Å². The Morgan fingerprint density at radius 2 is 1.87 bits per heavy atom. The summed E-state index contributed by atoms with van der Waals surface area (Å²) in [4.78, 5) is 4.51. The summed E-state index contributed by atoms with van der Waals surface area (Å²) in [6, 6.07) is 7.02. The molecular weight excluding hydrogens is 346 g/mol. The summed E-state index contributed by atoms with van der Waals surface area (Å²) >= 11 is -2.35. The van der Waals surface area contributed by atoms with E-state index in [2.05, 4.69) is 22.3 Å². The number of aromatic nitrogens is 1. The molecule has 0 saturated carbocycles. The van der Waals surface area contributed by atoms with Gasteiger partial charge in [0.25, 0.3) is 0 Å². The first-order chi connectivity index (χ1) is 11.3. The van der Waals surface area contributed by atoms with Gasteiger partial charge >= 0.3 is 145 Å². The number of halogens is 1. The standard InChI is InChI=1S/C20H28FGeN/c1-14-9-8-10-16(19(14)21)18-11-15(12-20(2,3)4)17(13-23-18)22(5,6)7/h8-11,13H,12H2,1-7H3/i12D2. The van der Waals surface area contributed by atoms with E-state index < -0.39 is 25.1 Å². The average molecular weight is 376 g/mol. The van der Waals surface area contributed by atoms with E-state index in [4.69, 9.17) is 2.74 Å². The molecule has 1 aromatic heterocycles. The molecule has 0 atom stereocenters. The Kier molecular flexibility index (Phi) is 4.27. The zero-order chi connectivity index (χ0) is 19.2. The molecule has 0 fully saturated rings. The molecule has 0 aliphatic carbocycles. The normalized spacial score (nSPS) is 14.4. The van der Waals surface area contributed by atoms with Crippen molar-refractivity contribution >= 4 is 17.7 Å². The van der Waals surface area contributed by atoms with Crippen molar-refractivity contribution in [3.8, 4) is 11.3 Å². The molecule has 0 unspecified atom stereocenters. The quantitative estimate of drug-likeness (QED) is 0.660. The van der Waals surface area contributed by atoms with Crippen LogP contribution in [0.2, 0.25) is 17.3 Å². The number of hydrogen-bond acceptors (Lipinski definition) is 1. The van der Waals surface area contributed by atoms with Crippen LogP contribution in [0.15, 0.2) is 30.5 Å². The summed E-state index contributed by atoms with van der Waals surface area (Å²) in [7, 11) is 0. The molecule has 2 rings (SSSR count). The van der Waals surface area contributed by atoms with Crippen molar-refractivity contribution in [2.75, 3.05) is 0 Å². The molecule has 0 radical (unpaired) electrons. The molecule has 0 aliphatic rings. The third-order valence-electron chi connectivity index (χ3n) is 3.69. The van der Waals surface area contributed by atoms with Gasteiger partial charge in [-0.15, -0.1) is 0 Å². The molecule has 1 heterocycles. The van der Waals surface area contributed by atoms with Crippen LogP contribution in [0.5, 0.6) is 0 Å². The average Bonchev–Trinajstić information content (AvgIpc) is 2.47. The molecule has 3 heteroatoms.